The molecule has 0 saturated carbocycles. The number of nitrogens with zero attached hydrogens (tertiary/aromatic N) is 3. The number of aromatic nitrogens is 3. The second-order valence-electron chi connectivity index (χ2n) is 5.41. The lowest BCUT2D eigenvalue weighted by Gasteiger charge is -2.05. The van der Waals surface area contributed by atoms with Crippen molar-refractivity contribution < 1.29 is 13.6 Å². The number of para-hydroxylation sites is 1. The molecule has 7 nitrogen and oxygen atoms in total. The Balaban J connectivity index is 1.48. The summed E-state index contributed by atoms with van der Waals surface area (Å²) in [6, 6.07) is 14.4. The molecule has 136 valence electrons. The minimum Gasteiger partial charge on any atom is -0.484 e. The third-order valence-corrected chi connectivity index (χ3v) is 4.16. The summed E-state index contributed by atoms with van der Waals surface area (Å²) < 4.78 is 18.5. The number of hydrogen-bond acceptors (Lipinski definition) is 6. The monoisotopic (exact) mass is 400 g/mol. The van der Waals surface area contributed by atoms with E-state index in [-0.39, 0.29) is 6.61 Å². The van der Waals surface area contributed by atoms with E-state index < -0.39 is 0 Å². The Bertz CT molecular complexity index is 1130. The van der Waals surface area contributed by atoms with E-state index in [1.165, 1.54) is 10.9 Å². The quantitative estimate of drug-likeness (QED) is 0.367. The largest absolute Gasteiger partial charge is 0.484 e. The summed E-state index contributed by atoms with van der Waals surface area (Å²) in [6.45, 7) is 0.250. The Kier molecular flexibility index (Phi) is 4.91. The lowest BCUT2D eigenvalue weighted by atomic mass is 10.3. The van der Waals surface area contributed by atoms with E-state index in [2.05, 4.69) is 15.3 Å². The zero-order chi connectivity index (χ0) is 18.6. The molecule has 0 spiro atoms. The topological polar surface area (TPSA) is 81.5 Å². The van der Waals surface area contributed by atoms with Crippen molar-refractivity contribution in [3.05, 3.63) is 76.1 Å². The molecule has 27 heavy (non-hydrogen) atoms. The highest BCUT2D eigenvalue weighted by Gasteiger charge is 2.10. The first kappa shape index (κ1) is 17.3. The second kappa shape index (κ2) is 7.65. The summed E-state index contributed by atoms with van der Waals surface area (Å²) >= 11 is 11.3. The van der Waals surface area contributed by atoms with Gasteiger partial charge < -0.3 is 13.6 Å². The zero-order valence-corrected chi connectivity index (χ0v) is 15.4. The Morgan fingerprint density at radius 2 is 2.11 bits per heavy atom. The Morgan fingerprint density at radius 1 is 1.22 bits per heavy atom. The average molecular weight is 401 g/mol. The Morgan fingerprint density at radius 3 is 2.93 bits per heavy atom. The SMILES string of the molecule is S=c1[nH]nc(-c2ccco2)n1/N=C\c1ccc(COc2ccccc2Cl)o1. The van der Waals surface area contributed by atoms with Crippen molar-refractivity contribution in [3.63, 3.8) is 0 Å². The van der Waals surface area contributed by atoms with E-state index in [4.69, 9.17) is 37.4 Å². The van der Waals surface area contributed by atoms with Gasteiger partial charge in [-0.05, 0) is 48.6 Å². The van der Waals surface area contributed by atoms with E-state index in [1.54, 1.807) is 42.7 Å². The molecular formula is C18H13ClN4O3S. The summed E-state index contributed by atoms with van der Waals surface area (Å²) in [5.41, 5.74) is 0. The molecule has 0 aliphatic carbocycles. The highest BCUT2D eigenvalue weighted by Crippen LogP contribution is 2.24. The number of nitrogens with one attached hydrogen (secondary N) is 1. The predicted octanol–water partition coefficient (Wildman–Crippen LogP) is 4.91. The fourth-order valence-corrected chi connectivity index (χ4v) is 2.70. The summed E-state index contributed by atoms with van der Waals surface area (Å²) in [4.78, 5) is 0. The number of H-pyrrole nitrogens is 1. The number of furan rings is 2. The third-order valence-electron chi connectivity index (χ3n) is 3.58. The van der Waals surface area contributed by atoms with Crippen LogP contribution in [0.4, 0.5) is 0 Å². The van der Waals surface area contributed by atoms with Crippen LogP contribution in [0.3, 0.4) is 0 Å². The van der Waals surface area contributed by atoms with Crippen molar-refractivity contribution in [2.45, 2.75) is 6.61 Å². The van der Waals surface area contributed by atoms with Gasteiger partial charge in [-0.2, -0.15) is 9.78 Å². The number of hydrogen-bond donors (Lipinski definition) is 1. The molecule has 1 aromatic carbocycles. The average Bonchev–Trinajstić information content (AvgIpc) is 3.40. The van der Waals surface area contributed by atoms with Crippen LogP contribution in [-0.4, -0.2) is 21.1 Å². The maximum absolute atomic E-state index is 6.07. The molecule has 0 aliphatic heterocycles. The molecule has 0 saturated heterocycles. The summed E-state index contributed by atoms with van der Waals surface area (Å²) in [5, 5.41) is 11.7. The van der Waals surface area contributed by atoms with Gasteiger partial charge in [-0.25, -0.2) is 5.10 Å². The van der Waals surface area contributed by atoms with Gasteiger partial charge >= 0.3 is 0 Å². The van der Waals surface area contributed by atoms with Crippen LogP contribution in [-0.2, 0) is 6.61 Å². The molecule has 4 aromatic rings. The molecule has 0 atom stereocenters. The number of ether oxygens (including phenoxy) is 1. The van der Waals surface area contributed by atoms with Gasteiger partial charge in [0.2, 0.25) is 10.6 Å². The van der Waals surface area contributed by atoms with Crippen LogP contribution in [0.2, 0.25) is 5.02 Å². The molecule has 0 unspecified atom stereocenters. The summed E-state index contributed by atoms with van der Waals surface area (Å²) in [7, 11) is 0. The van der Waals surface area contributed by atoms with Crippen LogP contribution in [0.5, 0.6) is 5.75 Å². The molecule has 1 N–H and O–H groups in total. The first-order valence-corrected chi connectivity index (χ1v) is 8.71. The third kappa shape index (κ3) is 3.86. The maximum atomic E-state index is 6.07. The van der Waals surface area contributed by atoms with Crippen molar-refractivity contribution in [1.29, 1.82) is 0 Å². The van der Waals surface area contributed by atoms with Crippen molar-refractivity contribution >= 4 is 30.0 Å². The highest BCUT2D eigenvalue weighted by atomic mass is 35.5. The fourth-order valence-electron chi connectivity index (χ4n) is 2.33. The number of halogens is 1. The van der Waals surface area contributed by atoms with E-state index in [9.17, 15) is 0 Å². The number of benzene rings is 1. The van der Waals surface area contributed by atoms with Gasteiger partial charge in [0.25, 0.3) is 0 Å². The number of rotatable bonds is 6. The number of aromatic amines is 1. The smallest absolute Gasteiger partial charge is 0.219 e. The van der Waals surface area contributed by atoms with E-state index in [0.29, 0.717) is 38.6 Å². The van der Waals surface area contributed by atoms with Gasteiger partial charge in [-0.3, -0.25) is 0 Å². The second-order valence-corrected chi connectivity index (χ2v) is 6.20. The van der Waals surface area contributed by atoms with Crippen LogP contribution < -0.4 is 4.74 Å². The van der Waals surface area contributed by atoms with Gasteiger partial charge in [-0.15, -0.1) is 5.10 Å². The molecule has 4 rings (SSSR count). The van der Waals surface area contributed by atoms with E-state index in [0.717, 1.165) is 0 Å². The van der Waals surface area contributed by atoms with E-state index >= 15 is 0 Å². The molecule has 0 aliphatic rings. The van der Waals surface area contributed by atoms with Gasteiger partial charge in [-0.1, -0.05) is 23.7 Å². The van der Waals surface area contributed by atoms with Crippen LogP contribution in [0.25, 0.3) is 11.6 Å². The van der Waals surface area contributed by atoms with E-state index in [1.807, 2.05) is 12.1 Å². The molecule has 0 amide bonds. The van der Waals surface area contributed by atoms with Gasteiger partial charge in [0.05, 0.1) is 17.5 Å². The molecule has 0 fully saturated rings. The highest BCUT2D eigenvalue weighted by molar-refractivity contribution is 7.71. The van der Waals surface area contributed by atoms with Crippen molar-refractivity contribution in [1.82, 2.24) is 14.9 Å². The zero-order valence-electron chi connectivity index (χ0n) is 13.8. The molecule has 0 radical (unpaired) electrons. The molecular weight excluding hydrogens is 388 g/mol. The van der Waals surface area contributed by atoms with Crippen LogP contribution in [0, 0.1) is 4.77 Å². The first-order valence-electron chi connectivity index (χ1n) is 7.92. The molecule has 3 heterocycles. The Hall–Kier alpha value is -3.10. The summed E-state index contributed by atoms with van der Waals surface area (Å²) in [5.74, 6) is 2.79. The first-order chi connectivity index (χ1) is 13.2. The molecule has 0 bridgehead atoms. The normalized spacial score (nSPS) is 11.3. The fraction of sp³-hybridized carbons (Fsp3) is 0.0556. The van der Waals surface area contributed by atoms with Crippen molar-refractivity contribution in [2.24, 2.45) is 5.10 Å². The van der Waals surface area contributed by atoms with Crippen LogP contribution in [0.15, 0.2) is 68.7 Å². The summed E-state index contributed by atoms with van der Waals surface area (Å²) in [6.07, 6.45) is 3.09. The molecule has 3 aromatic heterocycles. The predicted molar refractivity (Wildman–Crippen MR) is 103 cm³/mol. The standard InChI is InChI=1S/C18H13ClN4O3S/c19-14-4-1-2-5-15(14)25-11-13-8-7-12(26-13)10-20-23-17(21-22-18(23)27)16-6-3-9-24-16/h1-10H,11H2,(H,22,27)/b20-10-. The van der Waals surface area contributed by atoms with Crippen LogP contribution in [0.1, 0.15) is 11.5 Å². The van der Waals surface area contributed by atoms with Crippen molar-refractivity contribution in [2.75, 3.05) is 0 Å². The Labute approximate surface area is 163 Å². The maximum Gasteiger partial charge on any atom is 0.219 e. The minimum absolute atomic E-state index is 0.250. The molecule has 9 heteroatoms. The van der Waals surface area contributed by atoms with Gasteiger partial charge in [0.15, 0.2) is 5.76 Å². The van der Waals surface area contributed by atoms with Gasteiger partial charge in [0, 0.05) is 0 Å². The van der Waals surface area contributed by atoms with Crippen molar-refractivity contribution in [3.8, 4) is 17.3 Å². The lowest BCUT2D eigenvalue weighted by Crippen LogP contribution is -1.95. The van der Waals surface area contributed by atoms with Crippen LogP contribution >= 0.6 is 23.8 Å². The lowest BCUT2D eigenvalue weighted by molar-refractivity contribution is 0.270. The van der Waals surface area contributed by atoms with Gasteiger partial charge in [0.1, 0.15) is 23.9 Å². The minimum atomic E-state index is 0.250.